The Labute approximate surface area is 120 Å². The van der Waals surface area contributed by atoms with E-state index in [0.29, 0.717) is 6.04 Å². The first-order chi connectivity index (χ1) is 9.70. The van der Waals surface area contributed by atoms with Crippen LogP contribution in [-0.4, -0.2) is 28.6 Å². The molecule has 20 heavy (non-hydrogen) atoms. The molecule has 4 heteroatoms. The lowest BCUT2D eigenvalue weighted by atomic mass is 10.1. The monoisotopic (exact) mass is 274 g/mol. The number of pyridine rings is 1. The van der Waals surface area contributed by atoms with Crippen LogP contribution >= 0.6 is 0 Å². The van der Waals surface area contributed by atoms with Gasteiger partial charge in [-0.15, -0.1) is 0 Å². The normalized spacial score (nSPS) is 20.1. The summed E-state index contributed by atoms with van der Waals surface area (Å²) in [6, 6.07) is 4.50. The molecule has 1 N–H and O–H groups in total. The van der Waals surface area contributed by atoms with Crippen LogP contribution < -0.4 is 4.90 Å². The minimum Gasteiger partial charge on any atom is -0.478 e. The van der Waals surface area contributed by atoms with Gasteiger partial charge in [-0.3, -0.25) is 0 Å². The van der Waals surface area contributed by atoms with E-state index < -0.39 is 5.97 Å². The van der Waals surface area contributed by atoms with Crippen molar-refractivity contribution in [3.05, 3.63) is 30.0 Å². The van der Waals surface area contributed by atoms with Gasteiger partial charge in [-0.2, -0.15) is 0 Å². The molecule has 2 heterocycles. The van der Waals surface area contributed by atoms with Crippen molar-refractivity contribution in [3.8, 4) is 0 Å². The number of carboxylic acids is 1. The molecule has 1 aromatic heterocycles. The summed E-state index contributed by atoms with van der Waals surface area (Å²) < 4.78 is 0. The summed E-state index contributed by atoms with van der Waals surface area (Å²) >= 11 is 0. The van der Waals surface area contributed by atoms with Crippen LogP contribution in [0.3, 0.4) is 0 Å². The number of carboxylic acid groups (broad SMARTS) is 1. The second kappa shape index (κ2) is 7.08. The van der Waals surface area contributed by atoms with Gasteiger partial charge < -0.3 is 10.0 Å². The van der Waals surface area contributed by atoms with Gasteiger partial charge in [0.15, 0.2) is 0 Å². The van der Waals surface area contributed by atoms with Crippen molar-refractivity contribution < 1.29 is 9.90 Å². The maximum Gasteiger partial charge on any atom is 0.328 e. The van der Waals surface area contributed by atoms with Crippen LogP contribution in [0.5, 0.6) is 0 Å². The fourth-order valence-corrected chi connectivity index (χ4v) is 2.74. The molecular formula is C16H22N2O2. The lowest BCUT2D eigenvalue weighted by molar-refractivity contribution is -0.131. The molecule has 1 aromatic rings. The fraction of sp³-hybridized carbons (Fsp3) is 0.500. The van der Waals surface area contributed by atoms with Crippen LogP contribution in [0.2, 0.25) is 0 Å². The molecule has 0 radical (unpaired) electrons. The van der Waals surface area contributed by atoms with E-state index in [1.54, 1.807) is 12.3 Å². The Morgan fingerprint density at radius 3 is 2.95 bits per heavy atom. The summed E-state index contributed by atoms with van der Waals surface area (Å²) in [5.74, 6) is 0.0684. The van der Waals surface area contributed by atoms with Crippen LogP contribution in [0.1, 0.15) is 44.6 Å². The quantitative estimate of drug-likeness (QED) is 0.856. The molecule has 2 rings (SSSR count). The highest BCUT2D eigenvalue weighted by atomic mass is 16.4. The van der Waals surface area contributed by atoms with Gasteiger partial charge in [-0.05, 0) is 43.0 Å². The minimum atomic E-state index is -0.937. The first kappa shape index (κ1) is 14.6. The highest BCUT2D eigenvalue weighted by molar-refractivity contribution is 5.85. The summed E-state index contributed by atoms with van der Waals surface area (Å²) in [5.41, 5.74) is 0.819. The van der Waals surface area contributed by atoms with E-state index >= 15 is 0 Å². The molecule has 1 atom stereocenters. The molecule has 0 bridgehead atoms. The third-order valence-corrected chi connectivity index (χ3v) is 3.83. The number of hydrogen-bond acceptors (Lipinski definition) is 3. The Morgan fingerprint density at radius 1 is 1.45 bits per heavy atom. The highest BCUT2D eigenvalue weighted by Crippen LogP contribution is 2.24. The zero-order chi connectivity index (χ0) is 14.4. The number of carbonyl (C=O) groups is 1. The maximum atomic E-state index is 10.5. The number of hydrogen-bond donors (Lipinski definition) is 1. The SMILES string of the molecule is CCC1CCCCCN1c1ccc(/C=C/C(=O)O)cn1. The molecule has 0 aliphatic carbocycles. The largest absolute Gasteiger partial charge is 0.478 e. The van der Waals surface area contributed by atoms with E-state index in [-0.39, 0.29) is 0 Å². The van der Waals surface area contributed by atoms with Crippen molar-refractivity contribution in [1.82, 2.24) is 4.98 Å². The summed E-state index contributed by atoms with van der Waals surface area (Å²) in [5, 5.41) is 8.62. The first-order valence-electron chi connectivity index (χ1n) is 7.34. The summed E-state index contributed by atoms with van der Waals surface area (Å²) in [6.07, 6.45) is 10.6. The second-order valence-corrected chi connectivity index (χ2v) is 5.23. The number of rotatable bonds is 4. The Hall–Kier alpha value is -1.84. The maximum absolute atomic E-state index is 10.5. The van der Waals surface area contributed by atoms with Crippen LogP contribution in [0, 0.1) is 0 Å². The molecule has 0 spiro atoms. The van der Waals surface area contributed by atoms with Gasteiger partial charge in [0, 0.05) is 24.9 Å². The molecule has 1 fully saturated rings. The van der Waals surface area contributed by atoms with Gasteiger partial charge in [0.05, 0.1) is 0 Å². The smallest absolute Gasteiger partial charge is 0.328 e. The molecule has 4 nitrogen and oxygen atoms in total. The van der Waals surface area contributed by atoms with E-state index in [9.17, 15) is 4.79 Å². The standard InChI is InChI=1S/C16H22N2O2/c1-2-14-6-4-3-5-11-18(14)15-9-7-13(12-17-15)8-10-16(19)20/h7-10,12,14H,2-6,11H2,1H3,(H,19,20)/b10-8+. The minimum absolute atomic E-state index is 0.574. The summed E-state index contributed by atoms with van der Waals surface area (Å²) in [4.78, 5) is 17.4. The number of nitrogens with zero attached hydrogens (tertiary/aromatic N) is 2. The van der Waals surface area contributed by atoms with Crippen molar-refractivity contribution in [2.24, 2.45) is 0 Å². The lowest BCUT2D eigenvalue weighted by Crippen LogP contribution is -2.34. The van der Waals surface area contributed by atoms with Crippen molar-refractivity contribution in [3.63, 3.8) is 0 Å². The Bertz CT molecular complexity index is 468. The van der Waals surface area contributed by atoms with Gasteiger partial charge in [0.25, 0.3) is 0 Å². The van der Waals surface area contributed by atoms with Crippen molar-refractivity contribution in [2.45, 2.75) is 45.1 Å². The van der Waals surface area contributed by atoms with Gasteiger partial charge in [-0.25, -0.2) is 9.78 Å². The number of aliphatic carboxylic acids is 1. The molecule has 1 aliphatic heterocycles. The summed E-state index contributed by atoms with van der Waals surface area (Å²) in [6.45, 7) is 3.29. The third-order valence-electron chi connectivity index (χ3n) is 3.83. The highest BCUT2D eigenvalue weighted by Gasteiger charge is 2.20. The number of anilines is 1. The first-order valence-corrected chi connectivity index (χ1v) is 7.34. The van der Waals surface area contributed by atoms with E-state index in [1.165, 1.54) is 25.7 Å². The van der Waals surface area contributed by atoms with Gasteiger partial charge in [0.1, 0.15) is 5.82 Å². The van der Waals surface area contributed by atoms with Crippen molar-refractivity contribution >= 4 is 17.9 Å². The zero-order valence-electron chi connectivity index (χ0n) is 12.0. The van der Waals surface area contributed by atoms with Crippen LogP contribution in [0.15, 0.2) is 24.4 Å². The topological polar surface area (TPSA) is 53.4 Å². The van der Waals surface area contributed by atoms with E-state index in [1.807, 2.05) is 12.1 Å². The fourth-order valence-electron chi connectivity index (χ4n) is 2.74. The van der Waals surface area contributed by atoms with Crippen LogP contribution in [0.4, 0.5) is 5.82 Å². The molecule has 1 unspecified atom stereocenters. The molecule has 1 aliphatic rings. The van der Waals surface area contributed by atoms with Crippen LogP contribution in [0.25, 0.3) is 6.08 Å². The average Bonchev–Trinajstić information content (AvgIpc) is 2.70. The van der Waals surface area contributed by atoms with Crippen molar-refractivity contribution in [1.29, 1.82) is 0 Å². The third kappa shape index (κ3) is 3.83. The molecule has 108 valence electrons. The second-order valence-electron chi connectivity index (χ2n) is 5.23. The lowest BCUT2D eigenvalue weighted by Gasteiger charge is -2.30. The van der Waals surface area contributed by atoms with Gasteiger partial charge >= 0.3 is 5.97 Å². The predicted octanol–water partition coefficient (Wildman–Crippen LogP) is 3.34. The molecule has 0 aromatic carbocycles. The zero-order valence-corrected chi connectivity index (χ0v) is 12.0. The number of aromatic nitrogens is 1. The Morgan fingerprint density at radius 2 is 2.30 bits per heavy atom. The van der Waals surface area contributed by atoms with E-state index in [2.05, 4.69) is 16.8 Å². The van der Waals surface area contributed by atoms with Gasteiger partial charge in [0.2, 0.25) is 0 Å². The average molecular weight is 274 g/mol. The van der Waals surface area contributed by atoms with E-state index in [4.69, 9.17) is 5.11 Å². The van der Waals surface area contributed by atoms with Gasteiger partial charge in [-0.1, -0.05) is 19.8 Å². The van der Waals surface area contributed by atoms with E-state index in [0.717, 1.165) is 30.4 Å². The molecular weight excluding hydrogens is 252 g/mol. The Kier molecular flexibility index (Phi) is 5.16. The molecule has 0 amide bonds. The summed E-state index contributed by atoms with van der Waals surface area (Å²) in [7, 11) is 0. The van der Waals surface area contributed by atoms with Crippen LogP contribution in [-0.2, 0) is 4.79 Å². The van der Waals surface area contributed by atoms with Crippen molar-refractivity contribution in [2.75, 3.05) is 11.4 Å². The molecule has 1 saturated heterocycles. The molecule has 0 saturated carbocycles. The Balaban J connectivity index is 2.13. The predicted molar refractivity (Wildman–Crippen MR) is 80.8 cm³/mol.